The largest absolute Gasteiger partial charge is 0.330 e. The van der Waals surface area contributed by atoms with Gasteiger partial charge in [0.1, 0.15) is 11.9 Å². The van der Waals surface area contributed by atoms with Gasteiger partial charge in [-0.3, -0.25) is 9.69 Å². The van der Waals surface area contributed by atoms with Crippen molar-refractivity contribution < 1.29 is 9.18 Å². The maximum absolute atomic E-state index is 13.3. The highest BCUT2D eigenvalue weighted by Gasteiger charge is 2.38. The van der Waals surface area contributed by atoms with E-state index in [1.54, 1.807) is 6.07 Å². The molecular weight excluding hydrogens is 233 g/mol. The Hall–Kier alpha value is -1.46. The van der Waals surface area contributed by atoms with Crippen LogP contribution < -0.4 is 11.1 Å². The van der Waals surface area contributed by atoms with Crippen molar-refractivity contribution in [3.63, 3.8) is 0 Å². The maximum atomic E-state index is 13.3. The van der Waals surface area contributed by atoms with Gasteiger partial charge in [-0.2, -0.15) is 0 Å². The molecule has 96 valence electrons. The van der Waals surface area contributed by atoms with Gasteiger partial charge in [-0.15, -0.1) is 0 Å². The Kier molecular flexibility index (Phi) is 2.80. The van der Waals surface area contributed by atoms with Crippen LogP contribution in [-0.2, 0) is 4.79 Å². The van der Waals surface area contributed by atoms with Gasteiger partial charge in [0, 0.05) is 17.8 Å². The summed E-state index contributed by atoms with van der Waals surface area (Å²) in [5.41, 5.74) is 7.13. The molecule has 2 unspecified atom stereocenters. The minimum Gasteiger partial charge on any atom is -0.330 e. The molecule has 0 spiro atoms. The third-order valence-electron chi connectivity index (χ3n) is 3.83. The predicted molar refractivity (Wildman–Crippen MR) is 66.5 cm³/mol. The van der Waals surface area contributed by atoms with E-state index in [1.807, 2.05) is 0 Å². The summed E-state index contributed by atoms with van der Waals surface area (Å²) in [6, 6.07) is 4.09. The van der Waals surface area contributed by atoms with Crippen LogP contribution in [0.3, 0.4) is 0 Å². The van der Waals surface area contributed by atoms with Crippen molar-refractivity contribution in [3.05, 3.63) is 29.6 Å². The molecule has 2 heterocycles. The van der Waals surface area contributed by atoms with Crippen molar-refractivity contribution in [1.29, 1.82) is 0 Å². The Bertz CT molecular complexity index is 491. The Morgan fingerprint density at radius 2 is 2.33 bits per heavy atom. The Morgan fingerprint density at radius 3 is 3.06 bits per heavy atom. The van der Waals surface area contributed by atoms with Crippen LogP contribution in [0.15, 0.2) is 18.2 Å². The molecule has 2 aliphatic rings. The van der Waals surface area contributed by atoms with Gasteiger partial charge in [0.25, 0.3) is 0 Å². The van der Waals surface area contributed by atoms with Crippen molar-refractivity contribution in [2.45, 2.75) is 12.5 Å². The number of nitrogens with zero attached hydrogens (tertiary/aromatic N) is 1. The Morgan fingerprint density at radius 1 is 1.50 bits per heavy atom. The third kappa shape index (κ3) is 1.79. The molecule has 1 saturated heterocycles. The molecule has 0 saturated carbocycles. The van der Waals surface area contributed by atoms with E-state index < -0.39 is 0 Å². The molecule has 0 aromatic heterocycles. The first-order chi connectivity index (χ1) is 8.69. The van der Waals surface area contributed by atoms with E-state index in [-0.39, 0.29) is 17.8 Å². The molecule has 0 bridgehead atoms. The number of likely N-dealkylation sites (tertiary alicyclic amines) is 1. The zero-order valence-corrected chi connectivity index (χ0v) is 10.0. The first kappa shape index (κ1) is 11.6. The number of carbonyl (C=O) groups excluding carboxylic acids is 1. The second-order valence-corrected chi connectivity index (χ2v) is 5.01. The van der Waals surface area contributed by atoms with Gasteiger partial charge in [0.2, 0.25) is 5.91 Å². The second-order valence-electron chi connectivity index (χ2n) is 5.01. The van der Waals surface area contributed by atoms with E-state index in [0.29, 0.717) is 12.5 Å². The van der Waals surface area contributed by atoms with Crippen molar-refractivity contribution >= 4 is 11.6 Å². The first-order valence-corrected chi connectivity index (χ1v) is 6.23. The number of benzene rings is 1. The monoisotopic (exact) mass is 249 g/mol. The van der Waals surface area contributed by atoms with Gasteiger partial charge < -0.3 is 11.1 Å². The zero-order chi connectivity index (χ0) is 12.7. The van der Waals surface area contributed by atoms with E-state index in [9.17, 15) is 9.18 Å². The number of fused-ring (bicyclic) bond motifs is 1. The molecule has 1 aromatic rings. The third-order valence-corrected chi connectivity index (χ3v) is 3.83. The molecule has 0 aliphatic carbocycles. The van der Waals surface area contributed by atoms with E-state index in [2.05, 4.69) is 10.2 Å². The predicted octanol–water partition coefficient (Wildman–Crippen LogP) is 1.10. The van der Waals surface area contributed by atoms with E-state index in [4.69, 9.17) is 5.73 Å². The quantitative estimate of drug-likeness (QED) is 0.825. The van der Waals surface area contributed by atoms with Crippen LogP contribution in [0.1, 0.15) is 18.0 Å². The highest BCUT2D eigenvalue weighted by Crippen LogP contribution is 2.37. The van der Waals surface area contributed by atoms with Crippen LogP contribution >= 0.6 is 0 Å². The van der Waals surface area contributed by atoms with Crippen molar-refractivity contribution in [2.75, 3.05) is 25.0 Å². The lowest BCUT2D eigenvalue weighted by Crippen LogP contribution is -2.32. The summed E-state index contributed by atoms with van der Waals surface area (Å²) < 4.78 is 13.3. The summed E-state index contributed by atoms with van der Waals surface area (Å²) >= 11 is 0. The molecule has 5 heteroatoms. The standard InChI is InChI=1S/C13H16FN3O/c14-9-1-2-11-10(5-9)12(13(18)16-11)17-4-3-8(6-15)7-17/h1-2,5,8,12H,3-4,6-7,15H2,(H,16,18). The maximum Gasteiger partial charge on any atom is 0.246 e. The summed E-state index contributed by atoms with van der Waals surface area (Å²) in [7, 11) is 0. The van der Waals surface area contributed by atoms with E-state index >= 15 is 0 Å². The Labute approximate surface area is 105 Å². The number of carbonyl (C=O) groups is 1. The number of hydrogen-bond acceptors (Lipinski definition) is 3. The van der Waals surface area contributed by atoms with Crippen LogP contribution in [0.5, 0.6) is 0 Å². The summed E-state index contributed by atoms with van der Waals surface area (Å²) in [6.07, 6.45) is 1.00. The lowest BCUT2D eigenvalue weighted by Gasteiger charge is -2.22. The topological polar surface area (TPSA) is 58.4 Å². The first-order valence-electron chi connectivity index (χ1n) is 6.23. The van der Waals surface area contributed by atoms with Gasteiger partial charge in [-0.1, -0.05) is 0 Å². The van der Waals surface area contributed by atoms with Crippen molar-refractivity contribution in [3.8, 4) is 0 Å². The minimum absolute atomic E-state index is 0.0618. The highest BCUT2D eigenvalue weighted by atomic mass is 19.1. The fourth-order valence-corrected chi connectivity index (χ4v) is 2.87. The average Bonchev–Trinajstić information content (AvgIpc) is 2.92. The molecular formula is C13H16FN3O. The van der Waals surface area contributed by atoms with Crippen LogP contribution in [0.25, 0.3) is 0 Å². The smallest absolute Gasteiger partial charge is 0.246 e. The molecule has 2 atom stereocenters. The van der Waals surface area contributed by atoms with E-state index in [1.165, 1.54) is 12.1 Å². The molecule has 1 amide bonds. The molecule has 18 heavy (non-hydrogen) atoms. The summed E-state index contributed by atoms with van der Waals surface area (Å²) in [6.45, 7) is 2.29. The summed E-state index contributed by atoms with van der Waals surface area (Å²) in [4.78, 5) is 14.1. The lowest BCUT2D eigenvalue weighted by atomic mass is 10.1. The van der Waals surface area contributed by atoms with Gasteiger partial charge in [0.15, 0.2) is 0 Å². The number of hydrogen-bond donors (Lipinski definition) is 2. The van der Waals surface area contributed by atoms with E-state index in [0.717, 1.165) is 30.8 Å². The minimum atomic E-state index is -0.354. The highest BCUT2D eigenvalue weighted by molar-refractivity contribution is 6.02. The number of anilines is 1. The fourth-order valence-electron chi connectivity index (χ4n) is 2.87. The number of amides is 1. The van der Waals surface area contributed by atoms with Crippen molar-refractivity contribution in [1.82, 2.24) is 4.90 Å². The summed E-state index contributed by atoms with van der Waals surface area (Å²) in [5, 5.41) is 2.81. The molecule has 4 nitrogen and oxygen atoms in total. The zero-order valence-electron chi connectivity index (χ0n) is 10.0. The van der Waals surface area contributed by atoms with Crippen LogP contribution in [-0.4, -0.2) is 30.4 Å². The fraction of sp³-hybridized carbons (Fsp3) is 0.462. The van der Waals surface area contributed by atoms with Crippen molar-refractivity contribution in [2.24, 2.45) is 11.7 Å². The van der Waals surface area contributed by atoms with Gasteiger partial charge in [-0.25, -0.2) is 4.39 Å². The normalized spacial score (nSPS) is 27.3. The molecule has 1 aromatic carbocycles. The molecule has 0 radical (unpaired) electrons. The Balaban J connectivity index is 1.90. The molecule has 3 N–H and O–H groups in total. The van der Waals surface area contributed by atoms with Gasteiger partial charge >= 0.3 is 0 Å². The molecule has 1 fully saturated rings. The van der Waals surface area contributed by atoms with Gasteiger partial charge in [0.05, 0.1) is 0 Å². The van der Waals surface area contributed by atoms with Crippen LogP contribution in [0.4, 0.5) is 10.1 Å². The van der Waals surface area contributed by atoms with Crippen LogP contribution in [0.2, 0.25) is 0 Å². The lowest BCUT2D eigenvalue weighted by molar-refractivity contribution is -0.120. The average molecular weight is 249 g/mol. The van der Waals surface area contributed by atoms with Gasteiger partial charge in [-0.05, 0) is 43.6 Å². The molecule has 3 rings (SSSR count). The summed E-state index contributed by atoms with van der Waals surface area (Å²) in [5.74, 6) is 0.0773. The van der Waals surface area contributed by atoms with Crippen LogP contribution in [0, 0.1) is 11.7 Å². The number of halogens is 1. The number of nitrogens with one attached hydrogen (secondary N) is 1. The SMILES string of the molecule is NCC1CCN(C2C(=O)Nc3ccc(F)cc32)C1. The number of nitrogens with two attached hydrogens (primary N) is 1. The second kappa shape index (κ2) is 4.33. The molecule has 2 aliphatic heterocycles. The number of rotatable bonds is 2.